The highest BCUT2D eigenvalue weighted by Gasteiger charge is 2.08. The van der Waals surface area contributed by atoms with Gasteiger partial charge in [0.2, 0.25) is 0 Å². The SMILES string of the molecule is C[C@@H](CCc1ccccc1)NC(=O)COc1ccc(Br)cc1. The van der Waals surface area contributed by atoms with Crippen molar-refractivity contribution in [3.8, 4) is 5.75 Å². The maximum Gasteiger partial charge on any atom is 0.258 e. The molecule has 0 aromatic heterocycles. The molecular weight excluding hydrogens is 342 g/mol. The standard InChI is InChI=1S/C18H20BrNO2/c1-14(7-8-15-5-3-2-4-6-15)20-18(21)13-22-17-11-9-16(19)10-12-17/h2-6,9-12,14H,7-8,13H2,1H3,(H,20,21)/t14-/m0/s1. The van der Waals surface area contributed by atoms with E-state index in [0.29, 0.717) is 5.75 Å². The molecule has 0 saturated heterocycles. The first-order valence-corrected chi connectivity index (χ1v) is 8.14. The molecule has 0 unspecified atom stereocenters. The third kappa shape index (κ3) is 5.90. The number of rotatable bonds is 7. The number of amides is 1. The van der Waals surface area contributed by atoms with Crippen molar-refractivity contribution >= 4 is 21.8 Å². The monoisotopic (exact) mass is 361 g/mol. The lowest BCUT2D eigenvalue weighted by Crippen LogP contribution is -2.36. The average Bonchev–Trinajstić information content (AvgIpc) is 2.53. The summed E-state index contributed by atoms with van der Waals surface area (Å²) in [6.07, 6.45) is 1.86. The van der Waals surface area contributed by atoms with E-state index in [1.807, 2.05) is 49.4 Å². The third-order valence-corrected chi connectivity index (χ3v) is 3.83. The molecule has 0 aliphatic rings. The van der Waals surface area contributed by atoms with Crippen LogP contribution in [0.2, 0.25) is 0 Å². The molecule has 0 saturated carbocycles. The van der Waals surface area contributed by atoms with E-state index in [0.717, 1.165) is 17.3 Å². The van der Waals surface area contributed by atoms with Gasteiger partial charge in [-0.2, -0.15) is 0 Å². The Morgan fingerprint density at radius 2 is 1.82 bits per heavy atom. The molecule has 116 valence electrons. The van der Waals surface area contributed by atoms with Gasteiger partial charge in [-0.1, -0.05) is 46.3 Å². The number of nitrogens with one attached hydrogen (secondary N) is 1. The minimum atomic E-state index is -0.0940. The summed E-state index contributed by atoms with van der Waals surface area (Å²) in [4.78, 5) is 11.9. The lowest BCUT2D eigenvalue weighted by Gasteiger charge is -2.14. The molecule has 1 N–H and O–H groups in total. The number of aryl methyl sites for hydroxylation is 1. The fraction of sp³-hybridized carbons (Fsp3) is 0.278. The van der Waals surface area contributed by atoms with E-state index < -0.39 is 0 Å². The van der Waals surface area contributed by atoms with Crippen LogP contribution in [0.25, 0.3) is 0 Å². The lowest BCUT2D eigenvalue weighted by molar-refractivity contribution is -0.123. The number of carbonyl (C=O) groups is 1. The van der Waals surface area contributed by atoms with Crippen molar-refractivity contribution in [2.45, 2.75) is 25.8 Å². The summed E-state index contributed by atoms with van der Waals surface area (Å²) in [7, 11) is 0. The van der Waals surface area contributed by atoms with E-state index in [-0.39, 0.29) is 18.6 Å². The van der Waals surface area contributed by atoms with Crippen LogP contribution in [0.4, 0.5) is 0 Å². The van der Waals surface area contributed by atoms with Gasteiger partial charge in [-0.25, -0.2) is 0 Å². The number of halogens is 1. The Bertz CT molecular complexity index is 584. The Morgan fingerprint density at radius 1 is 1.14 bits per heavy atom. The Morgan fingerprint density at radius 3 is 2.50 bits per heavy atom. The molecule has 0 bridgehead atoms. The van der Waals surface area contributed by atoms with Gasteiger partial charge in [-0.05, 0) is 49.6 Å². The fourth-order valence-corrected chi connectivity index (χ4v) is 2.36. The van der Waals surface area contributed by atoms with E-state index in [1.165, 1.54) is 5.56 Å². The van der Waals surface area contributed by atoms with Gasteiger partial charge in [0.15, 0.2) is 6.61 Å². The maximum atomic E-state index is 11.9. The van der Waals surface area contributed by atoms with Crippen molar-refractivity contribution in [2.24, 2.45) is 0 Å². The van der Waals surface area contributed by atoms with Gasteiger partial charge in [0.05, 0.1) is 0 Å². The maximum absolute atomic E-state index is 11.9. The largest absolute Gasteiger partial charge is 0.484 e. The smallest absolute Gasteiger partial charge is 0.258 e. The van der Waals surface area contributed by atoms with Crippen molar-refractivity contribution in [2.75, 3.05) is 6.61 Å². The normalized spacial score (nSPS) is 11.7. The predicted octanol–water partition coefficient (Wildman–Crippen LogP) is 3.97. The summed E-state index contributed by atoms with van der Waals surface area (Å²) in [5, 5.41) is 2.96. The van der Waals surface area contributed by atoms with Gasteiger partial charge >= 0.3 is 0 Å². The Labute approximate surface area is 139 Å². The van der Waals surface area contributed by atoms with Crippen molar-refractivity contribution < 1.29 is 9.53 Å². The van der Waals surface area contributed by atoms with Gasteiger partial charge in [0.1, 0.15) is 5.75 Å². The molecule has 2 rings (SSSR count). The highest BCUT2D eigenvalue weighted by molar-refractivity contribution is 9.10. The molecule has 1 atom stereocenters. The van der Waals surface area contributed by atoms with Gasteiger partial charge in [0, 0.05) is 10.5 Å². The first kappa shape index (κ1) is 16.6. The second-order valence-corrected chi connectivity index (χ2v) is 6.15. The molecule has 3 nitrogen and oxygen atoms in total. The third-order valence-electron chi connectivity index (χ3n) is 3.30. The summed E-state index contributed by atoms with van der Waals surface area (Å²) >= 11 is 3.36. The summed E-state index contributed by atoms with van der Waals surface area (Å²) in [5.74, 6) is 0.596. The zero-order chi connectivity index (χ0) is 15.8. The second-order valence-electron chi connectivity index (χ2n) is 5.24. The molecule has 0 aliphatic carbocycles. The number of hydrogen-bond donors (Lipinski definition) is 1. The predicted molar refractivity (Wildman–Crippen MR) is 92.0 cm³/mol. The number of benzene rings is 2. The summed E-state index contributed by atoms with van der Waals surface area (Å²) < 4.78 is 6.44. The first-order valence-electron chi connectivity index (χ1n) is 7.35. The Hall–Kier alpha value is -1.81. The van der Waals surface area contributed by atoms with Crippen LogP contribution >= 0.6 is 15.9 Å². The fourth-order valence-electron chi connectivity index (χ4n) is 2.10. The molecule has 22 heavy (non-hydrogen) atoms. The van der Waals surface area contributed by atoms with Crippen LogP contribution in [-0.2, 0) is 11.2 Å². The van der Waals surface area contributed by atoms with Crippen molar-refractivity contribution in [3.05, 3.63) is 64.6 Å². The highest BCUT2D eigenvalue weighted by Crippen LogP contribution is 2.15. The van der Waals surface area contributed by atoms with E-state index in [4.69, 9.17) is 4.74 Å². The van der Waals surface area contributed by atoms with Crippen LogP contribution in [0, 0.1) is 0 Å². The molecule has 4 heteroatoms. The second kappa shape index (κ2) is 8.59. The summed E-state index contributed by atoms with van der Waals surface area (Å²) in [6, 6.07) is 17.8. The molecule has 2 aromatic carbocycles. The van der Waals surface area contributed by atoms with E-state index in [1.54, 1.807) is 0 Å². The summed E-state index contributed by atoms with van der Waals surface area (Å²) in [5.41, 5.74) is 1.29. The van der Waals surface area contributed by atoms with E-state index >= 15 is 0 Å². The zero-order valence-electron chi connectivity index (χ0n) is 12.6. The van der Waals surface area contributed by atoms with Crippen LogP contribution < -0.4 is 10.1 Å². The molecule has 0 fully saturated rings. The van der Waals surface area contributed by atoms with Crippen LogP contribution in [0.1, 0.15) is 18.9 Å². The molecule has 2 aromatic rings. The molecule has 1 amide bonds. The van der Waals surface area contributed by atoms with Gasteiger partial charge < -0.3 is 10.1 Å². The number of ether oxygens (including phenoxy) is 1. The van der Waals surface area contributed by atoms with Gasteiger partial charge in [-0.15, -0.1) is 0 Å². The van der Waals surface area contributed by atoms with Crippen molar-refractivity contribution in [1.82, 2.24) is 5.32 Å². The Balaban J connectivity index is 1.68. The van der Waals surface area contributed by atoms with Crippen LogP contribution in [0.5, 0.6) is 5.75 Å². The van der Waals surface area contributed by atoms with Crippen LogP contribution in [0.3, 0.4) is 0 Å². The highest BCUT2D eigenvalue weighted by atomic mass is 79.9. The van der Waals surface area contributed by atoms with Crippen molar-refractivity contribution in [1.29, 1.82) is 0 Å². The topological polar surface area (TPSA) is 38.3 Å². The van der Waals surface area contributed by atoms with Crippen molar-refractivity contribution in [3.63, 3.8) is 0 Å². The van der Waals surface area contributed by atoms with Crippen LogP contribution in [-0.4, -0.2) is 18.6 Å². The minimum absolute atomic E-state index is 0.0390. The number of carbonyl (C=O) groups excluding carboxylic acids is 1. The number of hydrogen-bond acceptors (Lipinski definition) is 2. The quantitative estimate of drug-likeness (QED) is 0.810. The molecule has 0 spiro atoms. The molecule has 0 aliphatic heterocycles. The molecular formula is C18H20BrNO2. The average molecular weight is 362 g/mol. The summed E-state index contributed by atoms with van der Waals surface area (Å²) in [6.45, 7) is 2.05. The minimum Gasteiger partial charge on any atom is -0.484 e. The Kier molecular flexibility index (Phi) is 6.46. The zero-order valence-corrected chi connectivity index (χ0v) is 14.2. The van der Waals surface area contributed by atoms with Crippen LogP contribution in [0.15, 0.2) is 59.1 Å². The molecule has 0 radical (unpaired) electrons. The van der Waals surface area contributed by atoms with Gasteiger partial charge in [0.25, 0.3) is 5.91 Å². The molecule has 0 heterocycles. The van der Waals surface area contributed by atoms with E-state index in [2.05, 4.69) is 33.4 Å². The lowest BCUT2D eigenvalue weighted by atomic mass is 10.1. The first-order chi connectivity index (χ1) is 10.6. The van der Waals surface area contributed by atoms with Gasteiger partial charge in [-0.3, -0.25) is 4.79 Å². The van der Waals surface area contributed by atoms with E-state index in [9.17, 15) is 4.79 Å².